The van der Waals surface area contributed by atoms with Crippen LogP contribution in [0.5, 0.6) is 0 Å². The van der Waals surface area contributed by atoms with E-state index in [1.807, 2.05) is 0 Å². The Morgan fingerprint density at radius 3 is 0.536 bits per heavy atom. The molecule has 7 amide bonds. The predicted octanol–water partition coefficient (Wildman–Crippen LogP) is -11.4. The molecule has 0 aromatic carbocycles. The van der Waals surface area contributed by atoms with Gasteiger partial charge in [0.1, 0.15) is 0 Å². The fourth-order valence-corrected chi connectivity index (χ4v) is 12.3. The van der Waals surface area contributed by atoms with Gasteiger partial charge in [-0.15, -0.1) is 0 Å². The van der Waals surface area contributed by atoms with E-state index in [0.717, 1.165) is 0 Å². The second-order valence-electron chi connectivity index (χ2n) is 27.5. The molecule has 0 aromatic heterocycles. The van der Waals surface area contributed by atoms with Crippen LogP contribution in [-0.4, -0.2) is 493 Å². The SMILES string of the molecule is CNCC(=O)NCC(CNC(=O)CNC(=O)C(C)N1CCN(CC(=O)O)CCN(CC(=O)O)CCN(CC(=O)O)CC1)(CNC(=O)CNC(=O)C(C)N1CCN(CC(=O)O)CCN(CC(=O)O)CCN(CC(=O)O)CC1)CNC(=O)CNC(=O)C(C)N1CCN(CC(=O)O)CCN(CC(=O)O)CCN(CC(=O)O)CC1. The molecule has 3 unspecified atom stereocenters. The third-order valence-electron chi connectivity index (χ3n) is 18.9. The number of carboxylic acids is 9. The number of carboxylic acid groups (broad SMARTS) is 9. The molecule has 0 aromatic rings. The number of likely N-dealkylation sites (N-methyl/N-ethyl adjacent to an activating group) is 1. The second kappa shape index (κ2) is 50.7. The maximum Gasteiger partial charge on any atom is 0.317 e. The molecular formula is C65H114N20O25. The van der Waals surface area contributed by atoms with E-state index in [1.54, 1.807) is 58.8 Å². The monoisotopic (exact) mass is 1570 g/mol. The molecule has 110 heavy (non-hydrogen) atoms. The molecule has 45 nitrogen and oxygen atoms in total. The number of rotatable bonds is 40. The van der Waals surface area contributed by atoms with Gasteiger partial charge in [-0.1, -0.05) is 0 Å². The van der Waals surface area contributed by atoms with Gasteiger partial charge in [-0.3, -0.25) is 136 Å². The molecule has 0 bridgehead atoms. The zero-order chi connectivity index (χ0) is 82.0. The van der Waals surface area contributed by atoms with Crippen molar-refractivity contribution < 1.29 is 123 Å². The Labute approximate surface area is 636 Å². The molecule has 3 fully saturated rings. The van der Waals surface area contributed by atoms with E-state index in [-0.39, 0.29) is 183 Å². The van der Waals surface area contributed by atoms with Crippen LogP contribution in [0, 0.1) is 5.41 Å². The minimum atomic E-state index is -1.62. The molecule has 0 saturated carbocycles. The van der Waals surface area contributed by atoms with Crippen LogP contribution in [0.2, 0.25) is 0 Å². The first-order valence-electron chi connectivity index (χ1n) is 36.2. The first-order valence-corrected chi connectivity index (χ1v) is 36.2. The van der Waals surface area contributed by atoms with E-state index >= 15 is 0 Å². The number of hydrogen-bond acceptors (Lipinski definition) is 29. The molecule has 624 valence electrons. The molecule has 3 aliphatic heterocycles. The fraction of sp³-hybridized carbons (Fsp3) is 0.754. The predicted molar refractivity (Wildman–Crippen MR) is 387 cm³/mol. The van der Waals surface area contributed by atoms with E-state index in [1.165, 1.54) is 27.8 Å². The molecule has 17 N–H and O–H groups in total. The van der Waals surface area contributed by atoms with Crippen LogP contribution < -0.4 is 42.5 Å². The lowest BCUT2D eigenvalue weighted by atomic mass is 9.86. The zero-order valence-electron chi connectivity index (χ0n) is 63.1. The summed E-state index contributed by atoms with van der Waals surface area (Å²) in [7, 11) is 1.48. The summed E-state index contributed by atoms with van der Waals surface area (Å²) in [4.78, 5) is 223. The van der Waals surface area contributed by atoms with Crippen molar-refractivity contribution in [3.63, 3.8) is 0 Å². The number of nitrogens with one attached hydrogen (secondary N) is 8. The van der Waals surface area contributed by atoms with Gasteiger partial charge in [0.2, 0.25) is 41.4 Å². The van der Waals surface area contributed by atoms with Crippen LogP contribution in [0.3, 0.4) is 0 Å². The van der Waals surface area contributed by atoms with Crippen LogP contribution in [0.4, 0.5) is 0 Å². The molecule has 3 aliphatic rings. The standard InChI is InChI=1S/C65H114N20O25/c1-46(83-23-17-77(36-56(96)97)11-5-74(33-53(90)91)6-12-78(18-24-83)37-57(98)99)62(108)67-30-50(87)71-43-65(42-70-49(86)29-66-4,44-72-51(88)31-68-63(109)47(2)84-25-19-79(38-58(100)101)13-7-75(34-54(92)93)8-14-80(20-26-84)39-59(102)103)45-73-52(89)32-69-64(110)48(3)85-27-21-81(40-60(104)105)15-9-76(35-55(94)95)10-16-82(22-28-85)41-61(106)107/h46-48,66H,5-45H2,1-4H3,(H,67,108)(H,68,109)(H,69,110)(H,70,86)(H,71,87)(H,72,88)(H,73,89)(H,90,91)(H,92,93)(H,94,95)(H,96,97)(H,98,99)(H,100,101)(H,102,103)(H,104,105)(H,106,107). The number of aliphatic carboxylic acids is 9. The number of carbonyl (C=O) groups excluding carboxylic acids is 7. The lowest BCUT2D eigenvalue weighted by Crippen LogP contribution is -2.59. The Bertz CT molecular complexity index is 2680. The van der Waals surface area contributed by atoms with E-state index in [0.29, 0.717) is 0 Å². The van der Waals surface area contributed by atoms with Crippen molar-refractivity contribution in [2.45, 2.75) is 38.9 Å². The van der Waals surface area contributed by atoms with Crippen molar-refractivity contribution in [1.82, 2.24) is 101 Å². The number of nitrogens with zero attached hydrogens (tertiary/aromatic N) is 12. The molecular weight excluding hydrogens is 1460 g/mol. The largest absolute Gasteiger partial charge is 0.480 e. The van der Waals surface area contributed by atoms with Crippen molar-refractivity contribution in [3.05, 3.63) is 0 Å². The Morgan fingerprint density at radius 1 is 0.245 bits per heavy atom. The molecule has 3 rings (SSSR count). The molecule has 45 heteroatoms. The van der Waals surface area contributed by atoms with Crippen molar-refractivity contribution >= 4 is 95.1 Å². The summed E-state index contributed by atoms with van der Waals surface area (Å²) < 4.78 is 0. The van der Waals surface area contributed by atoms with Gasteiger partial charge < -0.3 is 88.5 Å². The van der Waals surface area contributed by atoms with Gasteiger partial charge in [-0.05, 0) is 27.8 Å². The summed E-state index contributed by atoms with van der Waals surface area (Å²) >= 11 is 0. The molecule has 0 aliphatic carbocycles. The Balaban J connectivity index is 1.97. The van der Waals surface area contributed by atoms with Crippen LogP contribution in [0.25, 0.3) is 0 Å². The summed E-state index contributed by atoms with van der Waals surface area (Å²) in [6, 6.07) is -3.10. The first kappa shape index (κ1) is 95.2. The Morgan fingerprint density at radius 2 is 0.391 bits per heavy atom. The highest BCUT2D eigenvalue weighted by Crippen LogP contribution is 2.15. The lowest BCUT2D eigenvalue weighted by Gasteiger charge is -2.35. The first-order chi connectivity index (χ1) is 51.9. The maximum absolute atomic E-state index is 14.0. The average molecular weight is 1580 g/mol. The van der Waals surface area contributed by atoms with E-state index in [2.05, 4.69) is 42.5 Å². The highest BCUT2D eigenvalue weighted by atomic mass is 16.4. The van der Waals surface area contributed by atoms with Crippen molar-refractivity contribution in [3.8, 4) is 0 Å². The van der Waals surface area contributed by atoms with E-state index in [9.17, 15) is 123 Å². The van der Waals surface area contributed by atoms with Crippen LogP contribution in [0.15, 0.2) is 0 Å². The van der Waals surface area contributed by atoms with Crippen LogP contribution in [0.1, 0.15) is 20.8 Å². The quantitative estimate of drug-likeness (QED) is 0.0271. The molecule has 3 saturated heterocycles. The highest BCUT2D eigenvalue weighted by molar-refractivity contribution is 5.89. The fourth-order valence-electron chi connectivity index (χ4n) is 12.3. The summed E-state index contributed by atoms with van der Waals surface area (Å²) in [6.07, 6.45) is 0. The maximum atomic E-state index is 14.0. The molecule has 0 spiro atoms. The van der Waals surface area contributed by atoms with Gasteiger partial charge in [0.15, 0.2) is 0 Å². The van der Waals surface area contributed by atoms with Gasteiger partial charge in [0.25, 0.3) is 0 Å². The number of amides is 7. The summed E-state index contributed by atoms with van der Waals surface area (Å²) in [5.41, 5.74) is -1.62. The van der Waals surface area contributed by atoms with Crippen LogP contribution >= 0.6 is 0 Å². The van der Waals surface area contributed by atoms with Gasteiger partial charge >= 0.3 is 53.7 Å². The van der Waals surface area contributed by atoms with Gasteiger partial charge in [-0.25, -0.2) is 0 Å². The smallest absolute Gasteiger partial charge is 0.317 e. The minimum absolute atomic E-state index is 0.0572. The Hall–Kier alpha value is -9.00. The minimum Gasteiger partial charge on any atom is -0.480 e. The zero-order valence-corrected chi connectivity index (χ0v) is 63.1. The molecule has 0 radical (unpaired) electrons. The van der Waals surface area contributed by atoms with Crippen molar-refractivity contribution in [1.29, 1.82) is 0 Å². The molecule has 3 atom stereocenters. The second-order valence-corrected chi connectivity index (χ2v) is 27.5. The molecule has 3 heterocycles. The summed E-state index contributed by atoms with van der Waals surface area (Å²) in [6.45, 7) is -1.37. The number of hydrogen-bond donors (Lipinski definition) is 17. The van der Waals surface area contributed by atoms with E-state index in [4.69, 9.17) is 0 Å². The van der Waals surface area contributed by atoms with Gasteiger partial charge in [0, 0.05) is 189 Å². The normalized spacial score (nSPS) is 19.1. The number of carbonyl (C=O) groups is 16. The van der Waals surface area contributed by atoms with Crippen molar-refractivity contribution in [2.75, 3.05) is 275 Å². The van der Waals surface area contributed by atoms with Crippen LogP contribution in [-0.2, 0) is 76.7 Å². The van der Waals surface area contributed by atoms with Gasteiger partial charge in [-0.2, -0.15) is 0 Å². The topological polar surface area (TPSA) is 590 Å². The highest BCUT2D eigenvalue weighted by Gasteiger charge is 2.36. The third kappa shape index (κ3) is 40.6. The van der Waals surface area contributed by atoms with E-state index < -0.39 is 204 Å². The summed E-state index contributed by atoms with van der Waals surface area (Å²) in [5.74, 6) is -15.7. The Kier molecular flexibility index (Phi) is 43.9. The lowest BCUT2D eigenvalue weighted by molar-refractivity contribution is -0.141. The van der Waals surface area contributed by atoms with Crippen molar-refractivity contribution in [2.24, 2.45) is 5.41 Å². The average Bonchev–Trinajstić information content (AvgIpc) is 0.838. The summed E-state index contributed by atoms with van der Waals surface area (Å²) in [5, 5.41) is 108. The third-order valence-corrected chi connectivity index (χ3v) is 18.9. The van der Waals surface area contributed by atoms with Gasteiger partial charge in [0.05, 0.1) is 103 Å².